The SMILES string of the molecule is CN=C(NCCOc1cccc(F)c1)NC(C)C(C)C.I. The summed E-state index contributed by atoms with van der Waals surface area (Å²) in [5, 5.41) is 6.46. The molecule has 1 rings (SSSR count). The maximum absolute atomic E-state index is 13.0. The molecule has 0 saturated heterocycles. The molecule has 1 unspecified atom stereocenters. The van der Waals surface area contributed by atoms with Gasteiger partial charge in [0.1, 0.15) is 18.2 Å². The molecular formula is C15H25FIN3O. The van der Waals surface area contributed by atoms with Gasteiger partial charge in [-0.05, 0) is 25.0 Å². The fourth-order valence-electron chi connectivity index (χ4n) is 1.47. The fourth-order valence-corrected chi connectivity index (χ4v) is 1.47. The molecule has 1 aromatic carbocycles. The van der Waals surface area contributed by atoms with E-state index in [9.17, 15) is 4.39 Å². The lowest BCUT2D eigenvalue weighted by atomic mass is 10.1. The van der Waals surface area contributed by atoms with Gasteiger partial charge in [-0.3, -0.25) is 4.99 Å². The molecule has 1 atom stereocenters. The zero-order valence-electron chi connectivity index (χ0n) is 13.0. The first-order valence-electron chi connectivity index (χ1n) is 6.88. The van der Waals surface area contributed by atoms with E-state index in [0.29, 0.717) is 30.9 Å². The highest BCUT2D eigenvalue weighted by atomic mass is 127. The van der Waals surface area contributed by atoms with Crippen molar-refractivity contribution in [3.63, 3.8) is 0 Å². The Kier molecular flexibility index (Phi) is 10.1. The van der Waals surface area contributed by atoms with Crippen molar-refractivity contribution in [1.29, 1.82) is 0 Å². The van der Waals surface area contributed by atoms with E-state index in [1.807, 2.05) is 0 Å². The quantitative estimate of drug-likeness (QED) is 0.329. The van der Waals surface area contributed by atoms with E-state index in [1.54, 1.807) is 19.2 Å². The molecule has 21 heavy (non-hydrogen) atoms. The minimum Gasteiger partial charge on any atom is -0.492 e. The number of nitrogens with zero attached hydrogens (tertiary/aromatic N) is 1. The zero-order chi connectivity index (χ0) is 15.0. The van der Waals surface area contributed by atoms with Crippen molar-refractivity contribution in [1.82, 2.24) is 10.6 Å². The number of hydrogen-bond donors (Lipinski definition) is 2. The van der Waals surface area contributed by atoms with E-state index < -0.39 is 0 Å². The molecule has 4 nitrogen and oxygen atoms in total. The summed E-state index contributed by atoms with van der Waals surface area (Å²) in [5.41, 5.74) is 0. The van der Waals surface area contributed by atoms with Crippen LogP contribution in [0.3, 0.4) is 0 Å². The number of rotatable bonds is 6. The number of guanidine groups is 1. The zero-order valence-corrected chi connectivity index (χ0v) is 15.4. The van der Waals surface area contributed by atoms with Crippen LogP contribution in [0.1, 0.15) is 20.8 Å². The van der Waals surface area contributed by atoms with Crippen molar-refractivity contribution in [2.45, 2.75) is 26.8 Å². The number of ether oxygens (including phenoxy) is 1. The Morgan fingerprint density at radius 1 is 1.33 bits per heavy atom. The van der Waals surface area contributed by atoms with Crippen LogP contribution in [-0.4, -0.2) is 32.2 Å². The van der Waals surface area contributed by atoms with Gasteiger partial charge in [-0.1, -0.05) is 19.9 Å². The summed E-state index contributed by atoms with van der Waals surface area (Å²) in [6, 6.07) is 6.46. The standard InChI is InChI=1S/C15H24FN3O.HI/c1-11(2)12(3)19-15(17-4)18-8-9-20-14-7-5-6-13(16)10-14;/h5-7,10-12H,8-9H2,1-4H3,(H2,17,18,19);1H. The Morgan fingerprint density at radius 2 is 2.05 bits per heavy atom. The molecule has 1 aromatic rings. The maximum atomic E-state index is 13.0. The molecule has 0 bridgehead atoms. The highest BCUT2D eigenvalue weighted by Crippen LogP contribution is 2.11. The molecule has 0 amide bonds. The van der Waals surface area contributed by atoms with E-state index in [-0.39, 0.29) is 29.8 Å². The Hall–Kier alpha value is -1.05. The minimum absolute atomic E-state index is 0. The average Bonchev–Trinajstić information content (AvgIpc) is 2.41. The summed E-state index contributed by atoms with van der Waals surface area (Å²) in [5.74, 6) is 1.51. The largest absolute Gasteiger partial charge is 0.492 e. The van der Waals surface area contributed by atoms with Crippen LogP contribution in [0.4, 0.5) is 4.39 Å². The summed E-state index contributed by atoms with van der Waals surface area (Å²) >= 11 is 0. The lowest BCUT2D eigenvalue weighted by Crippen LogP contribution is -2.45. The Balaban J connectivity index is 0.00000400. The van der Waals surface area contributed by atoms with E-state index >= 15 is 0 Å². The van der Waals surface area contributed by atoms with Crippen LogP contribution in [0.5, 0.6) is 5.75 Å². The molecule has 0 aliphatic heterocycles. The molecule has 0 radical (unpaired) electrons. The normalized spacial score (nSPS) is 12.6. The number of halogens is 2. The molecule has 6 heteroatoms. The van der Waals surface area contributed by atoms with Crippen molar-refractivity contribution >= 4 is 29.9 Å². The van der Waals surface area contributed by atoms with Crippen LogP contribution in [0.2, 0.25) is 0 Å². The molecule has 0 aliphatic rings. The lowest BCUT2D eigenvalue weighted by molar-refractivity contribution is 0.319. The summed E-state index contributed by atoms with van der Waals surface area (Å²) < 4.78 is 18.4. The van der Waals surface area contributed by atoms with Gasteiger partial charge in [0.2, 0.25) is 0 Å². The van der Waals surface area contributed by atoms with Crippen molar-refractivity contribution < 1.29 is 9.13 Å². The Labute approximate surface area is 143 Å². The van der Waals surface area contributed by atoms with Crippen molar-refractivity contribution in [3.05, 3.63) is 30.1 Å². The summed E-state index contributed by atoms with van der Waals surface area (Å²) in [6.45, 7) is 7.46. The smallest absolute Gasteiger partial charge is 0.191 e. The summed E-state index contributed by atoms with van der Waals surface area (Å²) in [7, 11) is 1.73. The maximum Gasteiger partial charge on any atom is 0.191 e. The van der Waals surface area contributed by atoms with Crippen LogP contribution in [0, 0.1) is 11.7 Å². The van der Waals surface area contributed by atoms with Crippen LogP contribution >= 0.6 is 24.0 Å². The molecular weight excluding hydrogens is 384 g/mol. The van der Waals surface area contributed by atoms with Crippen molar-refractivity contribution in [2.75, 3.05) is 20.2 Å². The molecule has 0 saturated carbocycles. The third kappa shape index (κ3) is 8.08. The van der Waals surface area contributed by atoms with Crippen LogP contribution < -0.4 is 15.4 Å². The predicted octanol–water partition coefficient (Wildman–Crippen LogP) is 3.03. The van der Waals surface area contributed by atoms with Crippen molar-refractivity contribution in [3.8, 4) is 5.75 Å². The van der Waals surface area contributed by atoms with Gasteiger partial charge in [0.15, 0.2) is 5.96 Å². The monoisotopic (exact) mass is 409 g/mol. The molecule has 120 valence electrons. The number of nitrogens with one attached hydrogen (secondary N) is 2. The molecule has 2 N–H and O–H groups in total. The first kappa shape index (κ1) is 19.9. The van der Waals surface area contributed by atoms with Gasteiger partial charge < -0.3 is 15.4 Å². The second-order valence-corrected chi connectivity index (χ2v) is 4.98. The third-order valence-corrected chi connectivity index (χ3v) is 3.05. The van der Waals surface area contributed by atoms with Gasteiger partial charge in [0.25, 0.3) is 0 Å². The lowest BCUT2D eigenvalue weighted by Gasteiger charge is -2.20. The van der Waals surface area contributed by atoms with E-state index in [0.717, 1.165) is 5.96 Å². The number of benzene rings is 1. The minimum atomic E-state index is -0.293. The first-order chi connectivity index (χ1) is 9.52. The second-order valence-electron chi connectivity index (χ2n) is 4.98. The highest BCUT2D eigenvalue weighted by Gasteiger charge is 2.08. The number of hydrogen-bond acceptors (Lipinski definition) is 2. The average molecular weight is 409 g/mol. The van der Waals surface area contributed by atoms with Gasteiger partial charge in [0.05, 0.1) is 6.54 Å². The van der Waals surface area contributed by atoms with Gasteiger partial charge in [0, 0.05) is 19.2 Å². The molecule has 0 aliphatic carbocycles. The van der Waals surface area contributed by atoms with Crippen LogP contribution in [-0.2, 0) is 0 Å². The Morgan fingerprint density at radius 3 is 2.62 bits per heavy atom. The van der Waals surface area contributed by atoms with Crippen LogP contribution in [0.15, 0.2) is 29.3 Å². The second kappa shape index (κ2) is 10.6. The van der Waals surface area contributed by atoms with Gasteiger partial charge in [-0.2, -0.15) is 0 Å². The summed E-state index contributed by atoms with van der Waals surface area (Å²) in [4.78, 5) is 4.15. The summed E-state index contributed by atoms with van der Waals surface area (Å²) in [6.07, 6.45) is 0. The molecule has 0 spiro atoms. The first-order valence-corrected chi connectivity index (χ1v) is 6.88. The van der Waals surface area contributed by atoms with E-state index in [1.165, 1.54) is 12.1 Å². The van der Waals surface area contributed by atoms with Gasteiger partial charge >= 0.3 is 0 Å². The fraction of sp³-hybridized carbons (Fsp3) is 0.533. The molecule has 0 aromatic heterocycles. The van der Waals surface area contributed by atoms with Crippen LogP contribution in [0.25, 0.3) is 0 Å². The van der Waals surface area contributed by atoms with Gasteiger partial charge in [-0.25, -0.2) is 4.39 Å². The molecule has 0 fully saturated rings. The molecule has 0 heterocycles. The Bertz CT molecular complexity index is 441. The van der Waals surface area contributed by atoms with Crippen molar-refractivity contribution in [2.24, 2.45) is 10.9 Å². The van der Waals surface area contributed by atoms with Gasteiger partial charge in [-0.15, -0.1) is 24.0 Å². The van der Waals surface area contributed by atoms with E-state index in [2.05, 4.69) is 36.4 Å². The van der Waals surface area contributed by atoms with E-state index in [4.69, 9.17) is 4.74 Å². The number of aliphatic imine (C=N–C) groups is 1. The third-order valence-electron chi connectivity index (χ3n) is 3.05. The topological polar surface area (TPSA) is 45.7 Å². The highest BCUT2D eigenvalue weighted by molar-refractivity contribution is 14.0. The predicted molar refractivity (Wildman–Crippen MR) is 96.1 cm³/mol.